The molecular weight excluding hydrogens is 287 g/mol. The molecule has 3 rings (SSSR count). The van der Waals surface area contributed by atoms with E-state index >= 15 is 0 Å². The van der Waals surface area contributed by atoms with E-state index in [-0.39, 0.29) is 11.6 Å². The van der Waals surface area contributed by atoms with Gasteiger partial charge < -0.3 is 5.32 Å². The summed E-state index contributed by atoms with van der Waals surface area (Å²) in [7, 11) is 0. The van der Waals surface area contributed by atoms with E-state index in [2.05, 4.69) is 20.4 Å². The van der Waals surface area contributed by atoms with E-state index in [1.165, 1.54) is 23.1 Å². The predicted molar refractivity (Wildman–Crippen MR) is 65.1 cm³/mol. The summed E-state index contributed by atoms with van der Waals surface area (Å²) in [5.41, 5.74) is -0.888. The smallest absolute Gasteiger partial charge is 0.262 e. The molecule has 21 heavy (non-hydrogen) atoms. The number of nitrogens with zero attached hydrogens (tertiary/aromatic N) is 4. The molecule has 0 fully saturated rings. The molecule has 0 aliphatic rings. The van der Waals surface area contributed by atoms with Gasteiger partial charge in [-0.1, -0.05) is 0 Å². The Kier molecular flexibility index (Phi) is 3.01. The molecule has 0 saturated heterocycles. The molecule has 0 unspecified atom stereocenters. The van der Waals surface area contributed by atoms with Gasteiger partial charge in [0.2, 0.25) is 0 Å². The zero-order chi connectivity index (χ0) is 15.0. The molecular formula is C12H6F3N5O. The van der Waals surface area contributed by atoms with Crippen LogP contribution in [0.4, 0.5) is 19.0 Å². The number of aromatic nitrogens is 4. The van der Waals surface area contributed by atoms with Gasteiger partial charge in [0.05, 0.1) is 0 Å². The number of halogens is 3. The number of benzene rings is 1. The van der Waals surface area contributed by atoms with Crippen molar-refractivity contribution in [2.24, 2.45) is 0 Å². The minimum atomic E-state index is -1.30. The van der Waals surface area contributed by atoms with E-state index in [0.717, 1.165) is 0 Å². The fraction of sp³-hybridized carbons (Fsp3) is 0. The maximum atomic E-state index is 13.5. The first-order chi connectivity index (χ1) is 10.1. The van der Waals surface area contributed by atoms with Crippen molar-refractivity contribution in [1.82, 2.24) is 19.6 Å². The highest BCUT2D eigenvalue weighted by molar-refractivity contribution is 6.04. The van der Waals surface area contributed by atoms with Crippen molar-refractivity contribution < 1.29 is 18.0 Å². The molecule has 2 aromatic heterocycles. The van der Waals surface area contributed by atoms with Crippen molar-refractivity contribution in [3.63, 3.8) is 0 Å². The van der Waals surface area contributed by atoms with Gasteiger partial charge in [-0.15, -0.1) is 0 Å². The van der Waals surface area contributed by atoms with Crippen LogP contribution in [0, 0.1) is 17.5 Å². The summed E-state index contributed by atoms with van der Waals surface area (Å²) in [6.07, 6.45) is 2.55. The molecule has 0 spiro atoms. The molecule has 1 aromatic carbocycles. The van der Waals surface area contributed by atoms with Crippen LogP contribution in [0.3, 0.4) is 0 Å². The number of carbonyl (C=O) groups is 1. The summed E-state index contributed by atoms with van der Waals surface area (Å²) in [5, 5.41) is 6.07. The summed E-state index contributed by atoms with van der Waals surface area (Å²) < 4.78 is 41.1. The maximum Gasteiger partial charge on any atom is 0.262 e. The number of hydrogen-bond acceptors (Lipinski definition) is 4. The Morgan fingerprint density at radius 3 is 2.57 bits per heavy atom. The van der Waals surface area contributed by atoms with E-state index in [1.54, 1.807) is 0 Å². The Balaban J connectivity index is 1.99. The fourth-order valence-electron chi connectivity index (χ4n) is 1.77. The third-order valence-corrected chi connectivity index (χ3v) is 2.66. The van der Waals surface area contributed by atoms with Crippen LogP contribution in [0.2, 0.25) is 0 Å². The molecule has 0 atom stereocenters. The second-order valence-electron chi connectivity index (χ2n) is 4.00. The maximum absolute atomic E-state index is 13.5. The van der Waals surface area contributed by atoms with Crippen LogP contribution in [-0.4, -0.2) is 25.5 Å². The van der Waals surface area contributed by atoms with Crippen LogP contribution in [0.25, 0.3) is 5.78 Å². The highest BCUT2D eigenvalue weighted by atomic mass is 19.1. The molecule has 9 heteroatoms. The third-order valence-electron chi connectivity index (χ3n) is 2.66. The summed E-state index contributed by atoms with van der Waals surface area (Å²) in [6, 6.07) is 2.23. The minimum Gasteiger partial charge on any atom is -0.306 e. The van der Waals surface area contributed by atoms with Crippen molar-refractivity contribution in [2.45, 2.75) is 0 Å². The van der Waals surface area contributed by atoms with Gasteiger partial charge in [0, 0.05) is 18.3 Å². The van der Waals surface area contributed by atoms with E-state index in [1.807, 2.05) is 0 Å². The summed E-state index contributed by atoms with van der Waals surface area (Å²) >= 11 is 0. The molecule has 2 heterocycles. The Hall–Kier alpha value is -2.97. The van der Waals surface area contributed by atoms with Crippen molar-refractivity contribution in [3.05, 3.63) is 53.7 Å². The summed E-state index contributed by atoms with van der Waals surface area (Å²) in [6.45, 7) is 0. The van der Waals surface area contributed by atoms with Crippen molar-refractivity contribution in [3.8, 4) is 0 Å². The lowest BCUT2D eigenvalue weighted by Gasteiger charge is -2.08. The molecule has 6 nitrogen and oxygen atoms in total. The lowest BCUT2D eigenvalue weighted by Crippen LogP contribution is -2.18. The largest absolute Gasteiger partial charge is 0.306 e. The van der Waals surface area contributed by atoms with Crippen LogP contribution in [-0.2, 0) is 0 Å². The molecule has 0 aliphatic heterocycles. The van der Waals surface area contributed by atoms with E-state index in [0.29, 0.717) is 12.1 Å². The monoisotopic (exact) mass is 293 g/mol. The van der Waals surface area contributed by atoms with Crippen LogP contribution in [0.1, 0.15) is 10.4 Å². The van der Waals surface area contributed by atoms with Gasteiger partial charge >= 0.3 is 0 Å². The molecule has 0 saturated carbocycles. The quantitative estimate of drug-likeness (QED) is 0.782. The second-order valence-corrected chi connectivity index (χ2v) is 4.00. The third kappa shape index (κ3) is 2.29. The Morgan fingerprint density at radius 2 is 1.86 bits per heavy atom. The van der Waals surface area contributed by atoms with Gasteiger partial charge in [-0.25, -0.2) is 18.2 Å². The van der Waals surface area contributed by atoms with Gasteiger partial charge in [-0.3, -0.25) is 4.79 Å². The van der Waals surface area contributed by atoms with Gasteiger partial charge in [0.25, 0.3) is 11.7 Å². The Morgan fingerprint density at radius 1 is 1.14 bits per heavy atom. The van der Waals surface area contributed by atoms with Crippen molar-refractivity contribution in [1.29, 1.82) is 0 Å². The number of amides is 1. The van der Waals surface area contributed by atoms with Gasteiger partial charge in [0.1, 0.15) is 35.2 Å². The normalized spacial score (nSPS) is 10.8. The average Bonchev–Trinajstić information content (AvgIpc) is 2.86. The summed E-state index contributed by atoms with van der Waals surface area (Å²) in [4.78, 5) is 19.6. The van der Waals surface area contributed by atoms with Crippen LogP contribution in [0.5, 0.6) is 0 Å². The number of hydrogen-bond donors (Lipinski definition) is 1. The molecule has 0 bridgehead atoms. The molecule has 106 valence electrons. The number of anilines is 1. The minimum absolute atomic E-state index is 0.116. The average molecular weight is 293 g/mol. The fourth-order valence-corrected chi connectivity index (χ4v) is 1.77. The Bertz CT molecular complexity index is 825. The van der Waals surface area contributed by atoms with Crippen molar-refractivity contribution >= 4 is 17.5 Å². The predicted octanol–water partition coefficient (Wildman–Crippen LogP) is 1.79. The number of fused-ring (bicyclic) bond motifs is 1. The highest BCUT2D eigenvalue weighted by Gasteiger charge is 2.20. The number of nitrogens with one attached hydrogen (secondary N) is 1. The summed E-state index contributed by atoms with van der Waals surface area (Å²) in [5.74, 6) is -4.46. The highest BCUT2D eigenvalue weighted by Crippen LogP contribution is 2.17. The number of carbonyl (C=O) groups excluding carboxylic acids is 1. The molecule has 0 aliphatic carbocycles. The van der Waals surface area contributed by atoms with Crippen LogP contribution >= 0.6 is 0 Å². The van der Waals surface area contributed by atoms with Gasteiger partial charge in [-0.2, -0.15) is 14.6 Å². The first kappa shape index (κ1) is 13.0. The van der Waals surface area contributed by atoms with Crippen molar-refractivity contribution in [2.75, 3.05) is 5.32 Å². The van der Waals surface area contributed by atoms with E-state index in [9.17, 15) is 18.0 Å². The molecule has 0 radical (unpaired) electrons. The van der Waals surface area contributed by atoms with Gasteiger partial charge in [0.15, 0.2) is 0 Å². The first-order valence-corrected chi connectivity index (χ1v) is 5.67. The van der Waals surface area contributed by atoms with E-state index < -0.39 is 28.9 Å². The lowest BCUT2D eigenvalue weighted by atomic mass is 10.2. The van der Waals surface area contributed by atoms with Crippen LogP contribution < -0.4 is 5.32 Å². The van der Waals surface area contributed by atoms with Crippen LogP contribution in [0.15, 0.2) is 30.7 Å². The first-order valence-electron chi connectivity index (χ1n) is 5.67. The van der Waals surface area contributed by atoms with Gasteiger partial charge in [-0.05, 0) is 6.07 Å². The second kappa shape index (κ2) is 4.85. The molecule has 1 N–H and O–H groups in total. The topological polar surface area (TPSA) is 72.2 Å². The molecule has 3 aromatic rings. The van der Waals surface area contributed by atoms with E-state index in [4.69, 9.17) is 0 Å². The standard InChI is InChI=1S/C12H6F3N5O/c13-6-3-7(14)10(8(15)4-6)11(21)19-9-1-2-16-12-17-5-18-20(9)12/h1-5H,(H,19,21). The lowest BCUT2D eigenvalue weighted by molar-refractivity contribution is 0.101. The zero-order valence-corrected chi connectivity index (χ0v) is 10.2. The zero-order valence-electron chi connectivity index (χ0n) is 10.2. The molecule has 1 amide bonds. The Labute approximate surface area is 115 Å². The SMILES string of the molecule is O=C(Nc1ccnc2ncnn12)c1c(F)cc(F)cc1F. The number of rotatable bonds is 2.